The van der Waals surface area contributed by atoms with Gasteiger partial charge in [0, 0.05) is 23.2 Å². The summed E-state index contributed by atoms with van der Waals surface area (Å²) in [6.07, 6.45) is 1.38. The molecule has 0 atom stereocenters. The van der Waals surface area contributed by atoms with Gasteiger partial charge in [-0.15, -0.1) is 0 Å². The van der Waals surface area contributed by atoms with E-state index in [1.54, 1.807) is 7.11 Å². The van der Waals surface area contributed by atoms with E-state index >= 15 is 0 Å². The SMILES string of the molecule is CCC(CC)(COc1cccc(COC)c1)CS(=O)(=O)Cl. The highest BCUT2D eigenvalue weighted by Gasteiger charge is 2.32. The summed E-state index contributed by atoms with van der Waals surface area (Å²) in [4.78, 5) is 0. The maximum Gasteiger partial charge on any atom is 0.233 e. The third-order valence-electron chi connectivity index (χ3n) is 3.73. The summed E-state index contributed by atoms with van der Waals surface area (Å²) in [7, 11) is 3.51. The van der Waals surface area contributed by atoms with Crippen molar-refractivity contribution in [3.63, 3.8) is 0 Å². The van der Waals surface area contributed by atoms with E-state index in [-0.39, 0.29) is 5.75 Å². The summed E-state index contributed by atoms with van der Waals surface area (Å²) >= 11 is 0. The highest BCUT2D eigenvalue weighted by atomic mass is 35.7. The van der Waals surface area contributed by atoms with E-state index in [1.165, 1.54) is 0 Å². The van der Waals surface area contributed by atoms with Crippen LogP contribution >= 0.6 is 10.7 Å². The van der Waals surface area contributed by atoms with Crippen molar-refractivity contribution in [2.24, 2.45) is 5.41 Å². The summed E-state index contributed by atoms with van der Waals surface area (Å²) in [5, 5.41) is 0. The third kappa shape index (κ3) is 6.24. The molecule has 1 aromatic rings. The first-order valence-electron chi connectivity index (χ1n) is 6.97. The molecular weight excluding hydrogens is 312 g/mol. The van der Waals surface area contributed by atoms with Gasteiger partial charge >= 0.3 is 0 Å². The molecule has 0 saturated heterocycles. The lowest BCUT2D eigenvalue weighted by Crippen LogP contribution is -2.33. The van der Waals surface area contributed by atoms with Crippen LogP contribution in [0, 0.1) is 5.41 Å². The number of halogens is 1. The Kier molecular flexibility index (Phi) is 6.97. The number of benzene rings is 1. The number of ether oxygens (including phenoxy) is 2. The second-order valence-electron chi connectivity index (χ2n) is 5.26. The Morgan fingerprint density at radius 2 is 1.90 bits per heavy atom. The van der Waals surface area contributed by atoms with Gasteiger partial charge in [-0.2, -0.15) is 0 Å². The number of rotatable bonds is 9. The Balaban J connectivity index is 2.79. The molecule has 120 valence electrons. The van der Waals surface area contributed by atoms with E-state index in [0.29, 0.717) is 31.8 Å². The zero-order valence-corrected chi connectivity index (χ0v) is 14.3. The first kappa shape index (κ1) is 18.3. The van der Waals surface area contributed by atoms with Gasteiger partial charge in [-0.05, 0) is 30.5 Å². The van der Waals surface area contributed by atoms with E-state index in [9.17, 15) is 8.42 Å². The van der Waals surface area contributed by atoms with Crippen LogP contribution in [-0.4, -0.2) is 27.9 Å². The minimum atomic E-state index is -3.55. The van der Waals surface area contributed by atoms with Crippen LogP contribution in [0.15, 0.2) is 24.3 Å². The van der Waals surface area contributed by atoms with Crippen molar-refractivity contribution in [2.45, 2.75) is 33.3 Å². The van der Waals surface area contributed by atoms with Crippen molar-refractivity contribution in [3.8, 4) is 5.75 Å². The molecule has 0 N–H and O–H groups in total. The molecule has 0 spiro atoms. The molecule has 1 rings (SSSR count). The van der Waals surface area contributed by atoms with Gasteiger partial charge in [0.2, 0.25) is 9.05 Å². The molecule has 0 aliphatic carbocycles. The Labute approximate surface area is 131 Å². The molecule has 6 heteroatoms. The number of hydrogen-bond donors (Lipinski definition) is 0. The fourth-order valence-electron chi connectivity index (χ4n) is 2.19. The molecule has 0 saturated carbocycles. The van der Waals surface area contributed by atoms with Crippen molar-refractivity contribution in [3.05, 3.63) is 29.8 Å². The molecule has 4 nitrogen and oxygen atoms in total. The average molecular weight is 335 g/mol. The Morgan fingerprint density at radius 3 is 2.43 bits per heavy atom. The van der Waals surface area contributed by atoms with E-state index < -0.39 is 14.5 Å². The molecule has 0 fully saturated rings. The predicted molar refractivity (Wildman–Crippen MR) is 85.3 cm³/mol. The fourth-order valence-corrected chi connectivity index (χ4v) is 4.11. The van der Waals surface area contributed by atoms with Crippen LogP contribution in [-0.2, 0) is 20.4 Å². The van der Waals surface area contributed by atoms with Crippen LogP contribution in [0.5, 0.6) is 5.75 Å². The first-order valence-corrected chi connectivity index (χ1v) is 9.45. The highest BCUT2D eigenvalue weighted by Crippen LogP contribution is 2.31. The van der Waals surface area contributed by atoms with Crippen molar-refractivity contribution in [1.29, 1.82) is 0 Å². The van der Waals surface area contributed by atoms with E-state index in [4.69, 9.17) is 20.2 Å². The van der Waals surface area contributed by atoms with Crippen LogP contribution in [0.25, 0.3) is 0 Å². The minimum Gasteiger partial charge on any atom is -0.493 e. The molecule has 0 radical (unpaired) electrons. The van der Waals surface area contributed by atoms with Gasteiger partial charge in [-0.1, -0.05) is 26.0 Å². The van der Waals surface area contributed by atoms with Gasteiger partial charge in [-0.25, -0.2) is 8.42 Å². The Hall–Kier alpha value is -0.780. The lowest BCUT2D eigenvalue weighted by molar-refractivity contribution is 0.154. The van der Waals surface area contributed by atoms with Crippen molar-refractivity contribution >= 4 is 19.7 Å². The lowest BCUT2D eigenvalue weighted by Gasteiger charge is -2.30. The molecule has 0 bridgehead atoms. The molecule has 1 aromatic carbocycles. The summed E-state index contributed by atoms with van der Waals surface area (Å²) < 4.78 is 33.7. The first-order chi connectivity index (χ1) is 9.84. The molecule has 0 heterocycles. The fraction of sp³-hybridized carbons (Fsp3) is 0.600. The summed E-state index contributed by atoms with van der Waals surface area (Å²) in [6, 6.07) is 7.59. The van der Waals surface area contributed by atoms with Crippen molar-refractivity contribution < 1.29 is 17.9 Å². The van der Waals surface area contributed by atoms with Gasteiger partial charge in [0.25, 0.3) is 0 Å². The standard InChI is InChI=1S/C15H23ClO4S/c1-4-15(5-2,12-21(16,17)18)11-20-14-8-6-7-13(9-14)10-19-3/h6-9H,4-5,10-12H2,1-3H3. The van der Waals surface area contributed by atoms with Gasteiger partial charge in [0.05, 0.1) is 19.0 Å². The van der Waals surface area contributed by atoms with Gasteiger partial charge in [0.15, 0.2) is 0 Å². The normalized spacial score (nSPS) is 12.4. The number of hydrogen-bond acceptors (Lipinski definition) is 4. The Bertz CT molecular complexity index is 538. The monoisotopic (exact) mass is 334 g/mol. The predicted octanol–water partition coefficient (Wildman–Crippen LogP) is 3.59. The van der Waals surface area contributed by atoms with Gasteiger partial charge in [-0.3, -0.25) is 0 Å². The van der Waals surface area contributed by atoms with Gasteiger partial charge < -0.3 is 9.47 Å². The maximum absolute atomic E-state index is 11.4. The zero-order chi connectivity index (χ0) is 15.9. The molecule has 0 amide bonds. The smallest absolute Gasteiger partial charge is 0.233 e. The van der Waals surface area contributed by atoms with Crippen molar-refractivity contribution in [1.82, 2.24) is 0 Å². The minimum absolute atomic E-state index is 0.0771. The summed E-state index contributed by atoms with van der Waals surface area (Å²) in [5.41, 5.74) is 0.552. The Morgan fingerprint density at radius 1 is 1.24 bits per heavy atom. The second-order valence-corrected chi connectivity index (χ2v) is 8.04. The zero-order valence-electron chi connectivity index (χ0n) is 12.8. The number of methoxy groups -OCH3 is 1. The summed E-state index contributed by atoms with van der Waals surface area (Å²) in [6.45, 7) is 4.74. The van der Waals surface area contributed by atoms with Crippen LogP contribution in [0.1, 0.15) is 32.3 Å². The van der Waals surface area contributed by atoms with E-state index in [2.05, 4.69) is 0 Å². The largest absolute Gasteiger partial charge is 0.493 e. The van der Waals surface area contributed by atoms with Crippen LogP contribution in [0.2, 0.25) is 0 Å². The van der Waals surface area contributed by atoms with Gasteiger partial charge in [0.1, 0.15) is 5.75 Å². The third-order valence-corrected chi connectivity index (χ3v) is 5.02. The van der Waals surface area contributed by atoms with Crippen LogP contribution in [0.4, 0.5) is 0 Å². The van der Waals surface area contributed by atoms with Crippen LogP contribution < -0.4 is 4.74 Å². The quantitative estimate of drug-likeness (QED) is 0.648. The van der Waals surface area contributed by atoms with Crippen LogP contribution in [0.3, 0.4) is 0 Å². The second kappa shape index (κ2) is 8.01. The highest BCUT2D eigenvalue weighted by molar-refractivity contribution is 8.13. The topological polar surface area (TPSA) is 52.6 Å². The molecule has 0 unspecified atom stereocenters. The van der Waals surface area contributed by atoms with E-state index in [0.717, 1.165) is 5.56 Å². The van der Waals surface area contributed by atoms with E-state index in [1.807, 2.05) is 38.1 Å². The summed E-state index contributed by atoms with van der Waals surface area (Å²) in [5.74, 6) is 0.634. The molecule has 0 aliphatic rings. The maximum atomic E-state index is 11.4. The van der Waals surface area contributed by atoms with Crippen molar-refractivity contribution in [2.75, 3.05) is 19.5 Å². The lowest BCUT2D eigenvalue weighted by atomic mass is 9.85. The average Bonchev–Trinajstić information content (AvgIpc) is 2.43. The molecular formula is C15H23ClO4S. The molecule has 0 aliphatic heterocycles. The molecule has 0 aromatic heterocycles. The molecule has 21 heavy (non-hydrogen) atoms.